The van der Waals surface area contributed by atoms with Crippen LogP contribution in [0, 0.1) is 0 Å². The molecule has 0 saturated carbocycles. The number of aliphatic hydroxyl groups excluding tert-OH is 1. The Morgan fingerprint density at radius 2 is 1.67 bits per heavy atom. The molecule has 0 aliphatic heterocycles. The molecule has 0 aliphatic rings. The van der Waals surface area contributed by atoms with Gasteiger partial charge in [-0.1, -0.05) is 64.5 Å². The van der Waals surface area contributed by atoms with Crippen molar-refractivity contribution >= 4 is 0 Å². The highest BCUT2D eigenvalue weighted by molar-refractivity contribution is 5.07. The molecule has 0 aromatic carbocycles. The van der Waals surface area contributed by atoms with Crippen LogP contribution in [0.4, 0.5) is 0 Å². The van der Waals surface area contributed by atoms with Crippen LogP contribution < -0.4 is 0 Å². The van der Waals surface area contributed by atoms with Gasteiger partial charge in [-0.3, -0.25) is 0 Å². The Kier molecular flexibility index (Phi) is 12.1. The van der Waals surface area contributed by atoms with Crippen molar-refractivity contribution in [3.63, 3.8) is 0 Å². The Bertz CT molecular complexity index is 248. The van der Waals surface area contributed by atoms with Gasteiger partial charge in [0, 0.05) is 0 Å². The molecule has 0 fully saturated rings. The lowest BCUT2D eigenvalue weighted by Gasteiger charge is -2.10. The average Bonchev–Trinajstić information content (AvgIpc) is 2.37. The minimum atomic E-state index is -0.426. The molecule has 0 radical (unpaired) electrons. The maximum Gasteiger partial charge on any atom is 0.0857 e. The molecule has 104 valence electrons. The molecule has 0 aromatic heterocycles. The van der Waals surface area contributed by atoms with Crippen LogP contribution in [0.25, 0.3) is 0 Å². The Balaban J connectivity index is 3.52. The summed E-state index contributed by atoms with van der Waals surface area (Å²) in [4.78, 5) is 0. The Morgan fingerprint density at radius 1 is 1.11 bits per heavy atom. The van der Waals surface area contributed by atoms with Gasteiger partial charge in [0.05, 0.1) is 6.10 Å². The molecular formula is C17H30O. The number of hydrogen-bond acceptors (Lipinski definition) is 1. The summed E-state index contributed by atoms with van der Waals surface area (Å²) in [5.74, 6) is 0. The van der Waals surface area contributed by atoms with Crippen molar-refractivity contribution in [2.24, 2.45) is 0 Å². The third kappa shape index (κ3) is 9.27. The van der Waals surface area contributed by atoms with Crippen molar-refractivity contribution < 1.29 is 5.11 Å². The second kappa shape index (κ2) is 12.7. The van der Waals surface area contributed by atoms with Gasteiger partial charge in [0.15, 0.2) is 0 Å². The van der Waals surface area contributed by atoms with Crippen molar-refractivity contribution in [2.75, 3.05) is 0 Å². The zero-order valence-corrected chi connectivity index (χ0v) is 12.1. The maximum atomic E-state index is 9.80. The summed E-state index contributed by atoms with van der Waals surface area (Å²) in [7, 11) is 0. The number of unbranched alkanes of at least 4 members (excludes halogenated alkanes) is 7. The Labute approximate surface area is 113 Å². The molecule has 0 aliphatic carbocycles. The third-order valence-electron chi connectivity index (χ3n) is 3.32. The largest absolute Gasteiger partial charge is 0.388 e. The van der Waals surface area contributed by atoms with Crippen molar-refractivity contribution in [1.29, 1.82) is 0 Å². The summed E-state index contributed by atoms with van der Waals surface area (Å²) in [6.07, 6.45) is 13.3. The van der Waals surface area contributed by atoms with Crippen LogP contribution in [0.15, 0.2) is 30.5 Å². The molecule has 0 spiro atoms. The summed E-state index contributed by atoms with van der Waals surface area (Å²) in [6.45, 7) is 9.55. The third-order valence-corrected chi connectivity index (χ3v) is 3.32. The topological polar surface area (TPSA) is 20.2 Å². The highest BCUT2D eigenvalue weighted by atomic mass is 16.3. The van der Waals surface area contributed by atoms with E-state index in [9.17, 15) is 5.11 Å². The van der Waals surface area contributed by atoms with Crippen LogP contribution in [-0.4, -0.2) is 11.2 Å². The summed E-state index contributed by atoms with van der Waals surface area (Å²) in [6, 6.07) is 0. The predicted octanol–water partition coefficient (Wildman–Crippen LogP) is 5.17. The Hall–Kier alpha value is -0.780. The molecule has 0 heterocycles. The standard InChI is InChI=1S/C17H30O/c1-4-7-8-9-10-11-12-13-15-16(6-3)17(18)14-5-2/h5,17-18H,2-4,7-15H2,1H3. The van der Waals surface area contributed by atoms with Crippen LogP contribution in [0.2, 0.25) is 0 Å². The van der Waals surface area contributed by atoms with E-state index in [-0.39, 0.29) is 0 Å². The van der Waals surface area contributed by atoms with Crippen LogP contribution in [-0.2, 0) is 0 Å². The first kappa shape index (κ1) is 17.2. The molecule has 1 N–H and O–H groups in total. The van der Waals surface area contributed by atoms with E-state index in [1.807, 2.05) is 0 Å². The van der Waals surface area contributed by atoms with E-state index < -0.39 is 6.10 Å². The summed E-state index contributed by atoms with van der Waals surface area (Å²) in [5, 5.41) is 9.80. The van der Waals surface area contributed by atoms with E-state index in [4.69, 9.17) is 0 Å². The fourth-order valence-corrected chi connectivity index (χ4v) is 2.12. The lowest BCUT2D eigenvalue weighted by molar-refractivity contribution is 0.209. The zero-order valence-electron chi connectivity index (χ0n) is 12.1. The summed E-state index contributed by atoms with van der Waals surface area (Å²) >= 11 is 0. The van der Waals surface area contributed by atoms with Gasteiger partial charge in [-0.05, 0) is 24.8 Å². The van der Waals surface area contributed by atoms with Crippen LogP contribution in [0.1, 0.15) is 71.1 Å². The second-order valence-corrected chi connectivity index (χ2v) is 4.97. The molecule has 0 saturated heterocycles. The zero-order chi connectivity index (χ0) is 13.6. The van der Waals surface area contributed by atoms with E-state index in [1.54, 1.807) is 6.08 Å². The van der Waals surface area contributed by atoms with E-state index in [0.29, 0.717) is 6.42 Å². The first-order valence-corrected chi connectivity index (χ1v) is 7.44. The van der Waals surface area contributed by atoms with Crippen molar-refractivity contribution in [3.8, 4) is 0 Å². The number of rotatable bonds is 12. The normalized spacial score (nSPS) is 11.9. The van der Waals surface area contributed by atoms with Gasteiger partial charge in [0.2, 0.25) is 0 Å². The van der Waals surface area contributed by atoms with Crippen molar-refractivity contribution in [2.45, 2.75) is 77.2 Å². The lowest BCUT2D eigenvalue weighted by atomic mass is 10.00. The van der Waals surface area contributed by atoms with Crippen molar-refractivity contribution in [3.05, 3.63) is 30.5 Å². The lowest BCUT2D eigenvalue weighted by Crippen LogP contribution is -2.08. The van der Waals surface area contributed by atoms with Crippen LogP contribution >= 0.6 is 0 Å². The van der Waals surface area contributed by atoms with Gasteiger partial charge in [-0.25, -0.2) is 0 Å². The van der Waals surface area contributed by atoms with Gasteiger partial charge in [-0.2, -0.15) is 0 Å². The smallest absolute Gasteiger partial charge is 0.0857 e. The highest BCUT2D eigenvalue weighted by Gasteiger charge is 2.07. The van der Waals surface area contributed by atoms with E-state index in [2.05, 4.69) is 25.8 Å². The first-order chi connectivity index (χ1) is 8.76. The SMILES string of the molecule is C=C=C(CCCCCCCCCC)C(O)CC=C. The van der Waals surface area contributed by atoms with Gasteiger partial charge in [-0.15, -0.1) is 12.3 Å². The molecule has 1 heteroatoms. The highest BCUT2D eigenvalue weighted by Crippen LogP contribution is 2.16. The molecule has 0 rings (SSSR count). The van der Waals surface area contributed by atoms with E-state index in [1.165, 1.54) is 44.9 Å². The monoisotopic (exact) mass is 250 g/mol. The molecule has 1 nitrogen and oxygen atoms in total. The molecule has 0 amide bonds. The molecule has 1 unspecified atom stereocenters. The van der Waals surface area contributed by atoms with Crippen molar-refractivity contribution in [1.82, 2.24) is 0 Å². The molecule has 18 heavy (non-hydrogen) atoms. The van der Waals surface area contributed by atoms with E-state index >= 15 is 0 Å². The minimum Gasteiger partial charge on any atom is -0.388 e. The second-order valence-electron chi connectivity index (χ2n) is 4.97. The Morgan fingerprint density at radius 3 is 2.17 bits per heavy atom. The summed E-state index contributed by atoms with van der Waals surface area (Å²) < 4.78 is 0. The maximum absolute atomic E-state index is 9.80. The first-order valence-electron chi connectivity index (χ1n) is 7.44. The quantitative estimate of drug-likeness (QED) is 0.288. The van der Waals surface area contributed by atoms with Gasteiger partial charge >= 0.3 is 0 Å². The van der Waals surface area contributed by atoms with Gasteiger partial charge in [0.1, 0.15) is 0 Å². The van der Waals surface area contributed by atoms with Crippen LogP contribution in [0.5, 0.6) is 0 Å². The molecular weight excluding hydrogens is 220 g/mol. The molecule has 0 bridgehead atoms. The number of hydrogen-bond donors (Lipinski definition) is 1. The average molecular weight is 250 g/mol. The predicted molar refractivity (Wildman–Crippen MR) is 80.7 cm³/mol. The van der Waals surface area contributed by atoms with Gasteiger partial charge in [0.25, 0.3) is 0 Å². The fourth-order valence-electron chi connectivity index (χ4n) is 2.12. The minimum absolute atomic E-state index is 0.426. The number of aliphatic hydroxyl groups is 1. The van der Waals surface area contributed by atoms with Crippen LogP contribution in [0.3, 0.4) is 0 Å². The van der Waals surface area contributed by atoms with Gasteiger partial charge < -0.3 is 5.11 Å². The molecule has 1 atom stereocenters. The van der Waals surface area contributed by atoms with E-state index in [0.717, 1.165) is 18.4 Å². The molecule has 0 aromatic rings. The fraction of sp³-hybridized carbons (Fsp3) is 0.706. The summed E-state index contributed by atoms with van der Waals surface area (Å²) in [5.41, 5.74) is 3.82.